The van der Waals surface area contributed by atoms with E-state index in [1.165, 1.54) is 19.3 Å². The lowest BCUT2D eigenvalue weighted by atomic mass is 10.00. The van der Waals surface area contributed by atoms with E-state index < -0.39 is 0 Å². The Morgan fingerprint density at radius 3 is 2.88 bits per heavy atom. The number of methoxy groups -OCH3 is 1. The SMILES string of the molecule is COc1ccc(Cl)cc1C(CCC1CC1)NN. The van der Waals surface area contributed by atoms with Gasteiger partial charge >= 0.3 is 0 Å². The van der Waals surface area contributed by atoms with E-state index in [4.69, 9.17) is 22.2 Å². The number of hydrogen-bond donors (Lipinski definition) is 2. The molecule has 0 heterocycles. The molecule has 3 N–H and O–H groups in total. The third kappa shape index (κ3) is 3.35. The summed E-state index contributed by atoms with van der Waals surface area (Å²) in [6.07, 6.45) is 4.97. The lowest BCUT2D eigenvalue weighted by Crippen LogP contribution is -2.28. The fourth-order valence-electron chi connectivity index (χ4n) is 2.12. The van der Waals surface area contributed by atoms with Gasteiger partial charge in [-0.1, -0.05) is 24.4 Å². The molecule has 1 aliphatic carbocycles. The number of hydrazine groups is 1. The van der Waals surface area contributed by atoms with Crippen LogP contribution in [0.25, 0.3) is 0 Å². The number of nitrogens with one attached hydrogen (secondary N) is 1. The first kappa shape index (κ1) is 12.7. The molecule has 1 aliphatic rings. The van der Waals surface area contributed by atoms with Gasteiger partial charge in [-0.25, -0.2) is 0 Å². The molecular weight excluding hydrogens is 236 g/mol. The molecule has 2 rings (SSSR count). The third-order valence-corrected chi connectivity index (χ3v) is 3.56. The van der Waals surface area contributed by atoms with Gasteiger partial charge in [0, 0.05) is 16.6 Å². The van der Waals surface area contributed by atoms with Crippen LogP contribution in [-0.2, 0) is 0 Å². The number of ether oxygens (including phenoxy) is 1. The van der Waals surface area contributed by atoms with Gasteiger partial charge in [-0.15, -0.1) is 0 Å². The van der Waals surface area contributed by atoms with Crippen LogP contribution < -0.4 is 16.0 Å². The van der Waals surface area contributed by atoms with E-state index in [0.717, 1.165) is 23.7 Å². The molecule has 1 unspecified atom stereocenters. The molecule has 4 heteroatoms. The van der Waals surface area contributed by atoms with E-state index in [9.17, 15) is 0 Å². The van der Waals surface area contributed by atoms with Gasteiger partial charge in [0.25, 0.3) is 0 Å². The van der Waals surface area contributed by atoms with Crippen molar-refractivity contribution in [3.63, 3.8) is 0 Å². The van der Waals surface area contributed by atoms with Crippen LogP contribution in [0.1, 0.15) is 37.3 Å². The van der Waals surface area contributed by atoms with Gasteiger partial charge < -0.3 is 4.74 Å². The second-order valence-electron chi connectivity index (χ2n) is 4.63. The quantitative estimate of drug-likeness (QED) is 0.606. The fourth-order valence-corrected chi connectivity index (χ4v) is 2.30. The maximum Gasteiger partial charge on any atom is 0.123 e. The monoisotopic (exact) mass is 254 g/mol. The van der Waals surface area contributed by atoms with Crippen LogP contribution in [0.4, 0.5) is 0 Å². The molecule has 17 heavy (non-hydrogen) atoms. The molecule has 0 aliphatic heterocycles. The molecule has 0 aromatic heterocycles. The van der Waals surface area contributed by atoms with Crippen molar-refractivity contribution in [3.8, 4) is 5.75 Å². The van der Waals surface area contributed by atoms with Gasteiger partial charge in [0.2, 0.25) is 0 Å². The maximum atomic E-state index is 6.03. The highest BCUT2D eigenvalue weighted by Crippen LogP contribution is 2.37. The maximum absolute atomic E-state index is 6.03. The molecule has 0 saturated heterocycles. The molecule has 0 bridgehead atoms. The summed E-state index contributed by atoms with van der Waals surface area (Å²) in [6, 6.07) is 5.76. The average molecular weight is 255 g/mol. The molecule has 1 aromatic rings. The van der Waals surface area contributed by atoms with Crippen molar-refractivity contribution >= 4 is 11.6 Å². The fraction of sp³-hybridized carbons (Fsp3) is 0.538. The molecule has 1 atom stereocenters. The van der Waals surface area contributed by atoms with E-state index in [-0.39, 0.29) is 6.04 Å². The highest BCUT2D eigenvalue weighted by molar-refractivity contribution is 6.30. The van der Waals surface area contributed by atoms with Crippen LogP contribution >= 0.6 is 11.6 Å². The van der Waals surface area contributed by atoms with Crippen LogP contribution in [0.3, 0.4) is 0 Å². The Kier molecular flexibility index (Phi) is 4.26. The van der Waals surface area contributed by atoms with Crippen LogP contribution in [0.2, 0.25) is 5.02 Å². The summed E-state index contributed by atoms with van der Waals surface area (Å²) in [4.78, 5) is 0. The molecule has 3 nitrogen and oxygen atoms in total. The molecule has 1 aromatic carbocycles. The van der Waals surface area contributed by atoms with Crippen LogP contribution in [0, 0.1) is 5.92 Å². The predicted octanol–water partition coefficient (Wildman–Crippen LogP) is 3.04. The number of halogens is 1. The Bertz CT molecular complexity index is 380. The number of hydrogen-bond acceptors (Lipinski definition) is 3. The zero-order chi connectivity index (χ0) is 12.3. The van der Waals surface area contributed by atoms with Gasteiger partial charge in [-0.05, 0) is 37.0 Å². The standard InChI is InChI=1S/C13H19ClN2O/c1-17-13-7-5-10(14)8-11(13)12(16-15)6-4-9-2-3-9/h5,7-9,12,16H,2-4,6,15H2,1H3. The lowest BCUT2D eigenvalue weighted by molar-refractivity contribution is 0.392. The summed E-state index contributed by atoms with van der Waals surface area (Å²) in [5.74, 6) is 7.38. The highest BCUT2D eigenvalue weighted by atomic mass is 35.5. The van der Waals surface area contributed by atoms with E-state index in [1.54, 1.807) is 7.11 Å². The van der Waals surface area contributed by atoms with Crippen LogP contribution in [0.15, 0.2) is 18.2 Å². The van der Waals surface area contributed by atoms with Crippen molar-refractivity contribution in [2.24, 2.45) is 11.8 Å². The van der Waals surface area contributed by atoms with Crippen LogP contribution in [0.5, 0.6) is 5.75 Å². The summed E-state index contributed by atoms with van der Waals surface area (Å²) >= 11 is 6.03. The first-order valence-corrected chi connectivity index (χ1v) is 6.42. The summed E-state index contributed by atoms with van der Waals surface area (Å²) in [5.41, 5.74) is 3.91. The lowest BCUT2D eigenvalue weighted by Gasteiger charge is -2.19. The van der Waals surface area contributed by atoms with E-state index in [2.05, 4.69) is 5.43 Å². The van der Waals surface area contributed by atoms with Gasteiger partial charge in [-0.3, -0.25) is 11.3 Å². The molecule has 94 valence electrons. The minimum Gasteiger partial charge on any atom is -0.496 e. The summed E-state index contributed by atoms with van der Waals surface area (Å²) in [6.45, 7) is 0. The second kappa shape index (κ2) is 5.71. The average Bonchev–Trinajstić information content (AvgIpc) is 3.14. The summed E-state index contributed by atoms with van der Waals surface area (Å²) in [7, 11) is 1.67. The smallest absolute Gasteiger partial charge is 0.123 e. The van der Waals surface area contributed by atoms with Gasteiger partial charge in [0.1, 0.15) is 5.75 Å². The van der Waals surface area contributed by atoms with Crippen molar-refractivity contribution in [2.45, 2.75) is 31.7 Å². The van der Waals surface area contributed by atoms with Crippen molar-refractivity contribution < 1.29 is 4.74 Å². The topological polar surface area (TPSA) is 47.3 Å². The number of nitrogens with two attached hydrogens (primary N) is 1. The Morgan fingerprint density at radius 2 is 2.29 bits per heavy atom. The van der Waals surface area contributed by atoms with Gasteiger partial charge in [0.15, 0.2) is 0 Å². The zero-order valence-corrected chi connectivity index (χ0v) is 10.8. The third-order valence-electron chi connectivity index (χ3n) is 3.33. The van der Waals surface area contributed by atoms with Crippen LogP contribution in [-0.4, -0.2) is 7.11 Å². The summed E-state index contributed by atoms with van der Waals surface area (Å²) < 4.78 is 5.35. The van der Waals surface area contributed by atoms with E-state index in [0.29, 0.717) is 5.02 Å². The molecule has 0 spiro atoms. The molecular formula is C13H19ClN2O. The Labute approximate surface area is 107 Å². The van der Waals surface area contributed by atoms with Gasteiger partial charge in [0.05, 0.1) is 7.11 Å². The highest BCUT2D eigenvalue weighted by Gasteiger charge is 2.24. The number of benzene rings is 1. The van der Waals surface area contributed by atoms with Crippen molar-refractivity contribution in [3.05, 3.63) is 28.8 Å². The second-order valence-corrected chi connectivity index (χ2v) is 5.06. The van der Waals surface area contributed by atoms with Gasteiger partial charge in [-0.2, -0.15) is 0 Å². The zero-order valence-electron chi connectivity index (χ0n) is 10.1. The van der Waals surface area contributed by atoms with Crippen molar-refractivity contribution in [2.75, 3.05) is 7.11 Å². The van der Waals surface area contributed by atoms with Crippen molar-refractivity contribution in [1.29, 1.82) is 0 Å². The number of rotatable bonds is 6. The Hall–Kier alpha value is -0.770. The predicted molar refractivity (Wildman–Crippen MR) is 70.0 cm³/mol. The summed E-state index contributed by atoms with van der Waals surface area (Å²) in [5, 5.41) is 0.715. The molecule has 0 amide bonds. The van der Waals surface area contributed by atoms with E-state index in [1.807, 2.05) is 18.2 Å². The Balaban J connectivity index is 2.12. The largest absolute Gasteiger partial charge is 0.496 e. The molecule has 1 saturated carbocycles. The Morgan fingerprint density at radius 1 is 1.53 bits per heavy atom. The van der Waals surface area contributed by atoms with E-state index >= 15 is 0 Å². The molecule has 0 radical (unpaired) electrons. The van der Waals surface area contributed by atoms with Crippen molar-refractivity contribution in [1.82, 2.24) is 5.43 Å². The first-order chi connectivity index (χ1) is 8.24. The normalized spacial score (nSPS) is 16.9. The minimum absolute atomic E-state index is 0.115. The first-order valence-electron chi connectivity index (χ1n) is 6.04. The molecule has 1 fully saturated rings. The minimum atomic E-state index is 0.115.